The average Bonchev–Trinajstić information content (AvgIpc) is 2.49. The SMILES string of the molecule is C=C1/C=C\C/C=C\CN=C(NCc2ccc(C)cc2F)N1C. The first-order valence-electron chi connectivity index (χ1n) is 7.35. The number of aryl methyl sites for hydroxylation is 1. The number of rotatable bonds is 2. The van der Waals surface area contributed by atoms with Crippen LogP contribution in [0, 0.1) is 12.7 Å². The van der Waals surface area contributed by atoms with Gasteiger partial charge < -0.3 is 10.2 Å². The van der Waals surface area contributed by atoms with Crippen LogP contribution in [0.25, 0.3) is 0 Å². The van der Waals surface area contributed by atoms with Gasteiger partial charge in [0.25, 0.3) is 0 Å². The smallest absolute Gasteiger partial charge is 0.198 e. The monoisotopic (exact) mass is 299 g/mol. The highest BCUT2D eigenvalue weighted by Gasteiger charge is 2.09. The molecule has 0 aromatic heterocycles. The second-order valence-electron chi connectivity index (χ2n) is 5.27. The number of hydrogen-bond donors (Lipinski definition) is 1. The predicted octanol–water partition coefficient (Wildman–Crippen LogP) is 3.54. The maximum atomic E-state index is 13.9. The van der Waals surface area contributed by atoms with Gasteiger partial charge in [-0.2, -0.15) is 0 Å². The molecule has 1 aromatic rings. The van der Waals surface area contributed by atoms with Crippen molar-refractivity contribution in [3.05, 3.63) is 71.7 Å². The normalized spacial score (nSPS) is 18.6. The summed E-state index contributed by atoms with van der Waals surface area (Å²) in [7, 11) is 1.90. The quantitative estimate of drug-likeness (QED) is 0.846. The molecule has 0 amide bonds. The summed E-state index contributed by atoms with van der Waals surface area (Å²) in [5, 5.41) is 3.20. The van der Waals surface area contributed by atoms with Crippen molar-refractivity contribution in [1.82, 2.24) is 10.2 Å². The van der Waals surface area contributed by atoms with E-state index < -0.39 is 0 Å². The number of halogens is 1. The van der Waals surface area contributed by atoms with Gasteiger partial charge >= 0.3 is 0 Å². The van der Waals surface area contributed by atoms with Crippen molar-refractivity contribution in [1.29, 1.82) is 0 Å². The van der Waals surface area contributed by atoms with Crippen LogP contribution in [-0.4, -0.2) is 24.5 Å². The number of nitrogens with zero attached hydrogens (tertiary/aromatic N) is 2. The van der Waals surface area contributed by atoms with Crippen LogP contribution in [0.15, 0.2) is 59.8 Å². The van der Waals surface area contributed by atoms with E-state index in [1.54, 1.807) is 12.1 Å². The van der Waals surface area contributed by atoms with Gasteiger partial charge in [0.05, 0.1) is 6.54 Å². The minimum atomic E-state index is -0.200. The molecule has 22 heavy (non-hydrogen) atoms. The van der Waals surface area contributed by atoms with Gasteiger partial charge in [-0.3, -0.25) is 0 Å². The fourth-order valence-electron chi connectivity index (χ4n) is 2.09. The third-order valence-electron chi connectivity index (χ3n) is 3.49. The van der Waals surface area contributed by atoms with Crippen molar-refractivity contribution < 1.29 is 4.39 Å². The Morgan fingerprint density at radius 3 is 2.91 bits per heavy atom. The summed E-state index contributed by atoms with van der Waals surface area (Å²) in [6.07, 6.45) is 8.97. The van der Waals surface area contributed by atoms with Gasteiger partial charge in [-0.1, -0.05) is 36.9 Å². The van der Waals surface area contributed by atoms with Gasteiger partial charge in [-0.15, -0.1) is 0 Å². The molecule has 0 saturated heterocycles. The van der Waals surface area contributed by atoms with Crippen LogP contribution >= 0.6 is 0 Å². The van der Waals surface area contributed by atoms with Gasteiger partial charge in [0, 0.05) is 24.9 Å². The number of nitrogens with one attached hydrogen (secondary N) is 1. The minimum absolute atomic E-state index is 0.200. The van der Waals surface area contributed by atoms with E-state index in [2.05, 4.69) is 29.0 Å². The highest BCUT2D eigenvalue weighted by Crippen LogP contribution is 2.10. The van der Waals surface area contributed by atoms with E-state index >= 15 is 0 Å². The van der Waals surface area contributed by atoms with Crippen LogP contribution in [0.5, 0.6) is 0 Å². The Morgan fingerprint density at radius 1 is 1.32 bits per heavy atom. The minimum Gasteiger partial charge on any atom is -0.352 e. The topological polar surface area (TPSA) is 27.6 Å². The third-order valence-corrected chi connectivity index (χ3v) is 3.49. The number of benzene rings is 1. The summed E-state index contributed by atoms with van der Waals surface area (Å²) in [5.74, 6) is 0.482. The molecule has 0 fully saturated rings. The molecule has 0 radical (unpaired) electrons. The molecule has 1 aliphatic heterocycles. The van der Waals surface area contributed by atoms with E-state index in [-0.39, 0.29) is 5.82 Å². The lowest BCUT2D eigenvalue weighted by Gasteiger charge is -2.23. The molecule has 116 valence electrons. The Hall–Kier alpha value is -2.36. The molecule has 0 unspecified atom stereocenters. The molecule has 1 heterocycles. The molecule has 0 spiro atoms. The second-order valence-corrected chi connectivity index (χ2v) is 5.27. The van der Waals surface area contributed by atoms with Crippen LogP contribution in [-0.2, 0) is 6.54 Å². The van der Waals surface area contributed by atoms with Gasteiger partial charge in [-0.05, 0) is 31.1 Å². The first-order valence-corrected chi connectivity index (χ1v) is 7.35. The zero-order valence-corrected chi connectivity index (χ0v) is 13.1. The highest BCUT2D eigenvalue weighted by molar-refractivity contribution is 5.82. The molecule has 0 bridgehead atoms. The summed E-state index contributed by atoms with van der Waals surface area (Å²) in [5.41, 5.74) is 2.37. The fraction of sp³-hybridized carbons (Fsp3) is 0.278. The summed E-state index contributed by atoms with van der Waals surface area (Å²) in [4.78, 5) is 6.38. The Labute approximate surface area is 131 Å². The fourth-order valence-corrected chi connectivity index (χ4v) is 2.09. The lowest BCUT2D eigenvalue weighted by atomic mass is 10.1. The summed E-state index contributed by atoms with van der Waals surface area (Å²) in [6.45, 7) is 6.87. The first-order chi connectivity index (χ1) is 10.6. The Balaban J connectivity index is 2.12. The lowest BCUT2D eigenvalue weighted by molar-refractivity contribution is 0.582. The van der Waals surface area contributed by atoms with Crippen molar-refractivity contribution in [3.63, 3.8) is 0 Å². The number of allylic oxidation sites excluding steroid dienone is 3. The molecule has 1 N–H and O–H groups in total. The molecule has 0 aliphatic carbocycles. The molecule has 3 nitrogen and oxygen atoms in total. The van der Waals surface area contributed by atoms with E-state index in [1.807, 2.05) is 37.1 Å². The number of aliphatic imine (C=N–C) groups is 1. The zero-order chi connectivity index (χ0) is 15.9. The molecule has 1 aliphatic rings. The van der Waals surface area contributed by atoms with Crippen LogP contribution in [0.2, 0.25) is 0 Å². The van der Waals surface area contributed by atoms with Gasteiger partial charge in [-0.25, -0.2) is 9.38 Å². The Kier molecular flexibility index (Phi) is 5.53. The van der Waals surface area contributed by atoms with Crippen LogP contribution in [0.1, 0.15) is 17.5 Å². The molecular formula is C18H22FN3. The van der Waals surface area contributed by atoms with Crippen LogP contribution < -0.4 is 5.32 Å². The summed E-state index contributed by atoms with van der Waals surface area (Å²) < 4.78 is 13.9. The van der Waals surface area contributed by atoms with Crippen molar-refractivity contribution >= 4 is 5.96 Å². The predicted molar refractivity (Wildman–Crippen MR) is 90.1 cm³/mol. The van der Waals surface area contributed by atoms with Crippen LogP contribution in [0.3, 0.4) is 0 Å². The van der Waals surface area contributed by atoms with Gasteiger partial charge in [0.15, 0.2) is 5.96 Å². The van der Waals surface area contributed by atoms with Crippen molar-refractivity contribution in [2.24, 2.45) is 4.99 Å². The maximum absolute atomic E-state index is 13.9. The first kappa shape index (κ1) is 16.0. The molecule has 4 heteroatoms. The molecular weight excluding hydrogens is 277 g/mol. The summed E-state index contributed by atoms with van der Waals surface area (Å²) in [6, 6.07) is 5.25. The number of hydrogen-bond acceptors (Lipinski definition) is 3. The highest BCUT2D eigenvalue weighted by atomic mass is 19.1. The van der Waals surface area contributed by atoms with Crippen molar-refractivity contribution in [2.45, 2.75) is 19.9 Å². The van der Waals surface area contributed by atoms with Crippen LogP contribution in [0.4, 0.5) is 4.39 Å². The number of guanidine groups is 1. The van der Waals surface area contributed by atoms with E-state index in [4.69, 9.17) is 0 Å². The van der Waals surface area contributed by atoms with E-state index in [1.165, 1.54) is 0 Å². The lowest BCUT2D eigenvalue weighted by Crippen LogP contribution is -2.37. The third kappa shape index (κ3) is 4.32. The van der Waals surface area contributed by atoms with E-state index in [0.29, 0.717) is 24.6 Å². The maximum Gasteiger partial charge on any atom is 0.198 e. The zero-order valence-electron chi connectivity index (χ0n) is 13.1. The van der Waals surface area contributed by atoms with Gasteiger partial charge in [0.2, 0.25) is 0 Å². The van der Waals surface area contributed by atoms with Gasteiger partial charge in [0.1, 0.15) is 5.82 Å². The molecule has 1 aromatic carbocycles. The number of likely N-dealkylation sites (N-methyl/N-ethyl adjacent to an activating group) is 1. The Morgan fingerprint density at radius 2 is 2.14 bits per heavy atom. The summed E-state index contributed by atoms with van der Waals surface area (Å²) >= 11 is 0. The van der Waals surface area contributed by atoms with Crippen molar-refractivity contribution in [3.8, 4) is 0 Å². The molecule has 0 atom stereocenters. The van der Waals surface area contributed by atoms with E-state index in [9.17, 15) is 4.39 Å². The molecule has 0 saturated carbocycles. The Bertz CT molecular complexity index is 629. The average molecular weight is 299 g/mol. The largest absolute Gasteiger partial charge is 0.352 e. The van der Waals surface area contributed by atoms with Crippen molar-refractivity contribution in [2.75, 3.05) is 13.6 Å². The standard InChI is InChI=1S/C18H22FN3/c1-14-9-10-16(17(19)12-14)13-21-18-20-11-7-5-4-6-8-15(2)22(18)3/h5-10,12H,2,4,11,13H2,1,3H3,(H,20,21)/b7-5-,8-6-. The molecule has 2 rings (SSSR count). The second kappa shape index (κ2) is 7.59. The van der Waals surface area contributed by atoms with E-state index in [0.717, 1.165) is 17.7 Å².